The van der Waals surface area contributed by atoms with E-state index >= 15 is 0 Å². The zero-order valence-corrected chi connectivity index (χ0v) is 22.5. The summed E-state index contributed by atoms with van der Waals surface area (Å²) in [6.07, 6.45) is 1.51. The van der Waals surface area contributed by atoms with Gasteiger partial charge in [0.1, 0.15) is 18.2 Å². The molecule has 0 aromatic heterocycles. The minimum atomic E-state index is -0.496. The molecular weight excluding hydrogens is 551 g/mol. The summed E-state index contributed by atoms with van der Waals surface area (Å²) in [5.74, 6) is 0.470. The number of hydrogen-bond donors (Lipinski definition) is 1. The standard InChI is InChI=1S/C27H23BrCl2N2O3/c1-4-34-25-13-19(10-20(14-31)27(33)32-21-7-5-16(2)17(3)9-21)11-22(28)26(25)35-15-18-6-8-23(29)24(30)12-18/h5-13H,4,15H2,1-3H3,(H,32,33)/b20-10+. The summed E-state index contributed by atoms with van der Waals surface area (Å²) in [5, 5.41) is 13.3. The Morgan fingerprint density at radius 1 is 1.06 bits per heavy atom. The largest absolute Gasteiger partial charge is 0.490 e. The van der Waals surface area contributed by atoms with E-state index < -0.39 is 5.91 Å². The molecule has 180 valence electrons. The maximum atomic E-state index is 12.7. The van der Waals surface area contributed by atoms with Crippen molar-refractivity contribution in [3.63, 3.8) is 0 Å². The van der Waals surface area contributed by atoms with Crippen LogP contribution in [0, 0.1) is 25.2 Å². The maximum absolute atomic E-state index is 12.7. The van der Waals surface area contributed by atoms with Crippen LogP contribution in [0.3, 0.4) is 0 Å². The Hall–Kier alpha value is -2.98. The Morgan fingerprint density at radius 3 is 2.49 bits per heavy atom. The van der Waals surface area contributed by atoms with Crippen molar-refractivity contribution < 1.29 is 14.3 Å². The lowest BCUT2D eigenvalue weighted by Crippen LogP contribution is -2.13. The first kappa shape index (κ1) is 26.6. The van der Waals surface area contributed by atoms with Crippen LogP contribution in [0.15, 0.2) is 58.6 Å². The molecule has 0 fully saturated rings. The summed E-state index contributed by atoms with van der Waals surface area (Å²) in [4.78, 5) is 12.7. The van der Waals surface area contributed by atoms with E-state index in [1.165, 1.54) is 6.08 Å². The Bertz CT molecular complexity index is 1330. The minimum absolute atomic E-state index is 0.0398. The van der Waals surface area contributed by atoms with Gasteiger partial charge in [-0.3, -0.25) is 4.79 Å². The average molecular weight is 574 g/mol. The molecule has 0 spiro atoms. The number of carbonyl (C=O) groups is 1. The lowest BCUT2D eigenvalue weighted by molar-refractivity contribution is -0.112. The molecule has 1 amide bonds. The molecule has 0 saturated carbocycles. The molecule has 0 unspecified atom stereocenters. The van der Waals surface area contributed by atoms with Gasteiger partial charge >= 0.3 is 0 Å². The van der Waals surface area contributed by atoms with E-state index in [4.69, 9.17) is 32.7 Å². The van der Waals surface area contributed by atoms with Gasteiger partial charge in [-0.25, -0.2) is 0 Å². The summed E-state index contributed by atoms with van der Waals surface area (Å²) >= 11 is 15.6. The van der Waals surface area contributed by atoms with Gasteiger partial charge in [0.15, 0.2) is 11.5 Å². The van der Waals surface area contributed by atoms with Crippen LogP contribution in [0.25, 0.3) is 6.08 Å². The number of ether oxygens (including phenoxy) is 2. The van der Waals surface area contributed by atoms with Crippen LogP contribution in [0.2, 0.25) is 10.0 Å². The molecule has 0 bridgehead atoms. The fourth-order valence-electron chi connectivity index (χ4n) is 3.19. The number of benzene rings is 3. The van der Waals surface area contributed by atoms with Gasteiger partial charge in [0.2, 0.25) is 0 Å². The van der Waals surface area contributed by atoms with Crippen molar-refractivity contribution >= 4 is 56.8 Å². The van der Waals surface area contributed by atoms with Crippen molar-refractivity contribution in [2.45, 2.75) is 27.4 Å². The van der Waals surface area contributed by atoms with Gasteiger partial charge in [-0.05, 0) is 101 Å². The molecule has 3 rings (SSSR count). The summed E-state index contributed by atoms with van der Waals surface area (Å²) < 4.78 is 12.4. The predicted octanol–water partition coefficient (Wildman–Crippen LogP) is 7.90. The molecular formula is C27H23BrCl2N2O3. The Labute approximate surface area is 223 Å². The first-order valence-corrected chi connectivity index (χ1v) is 12.3. The first-order chi connectivity index (χ1) is 16.7. The van der Waals surface area contributed by atoms with Crippen molar-refractivity contribution in [3.8, 4) is 17.6 Å². The fourth-order valence-corrected chi connectivity index (χ4v) is 4.09. The number of nitrogens with one attached hydrogen (secondary N) is 1. The van der Waals surface area contributed by atoms with E-state index in [1.54, 1.807) is 30.3 Å². The van der Waals surface area contributed by atoms with Crippen molar-refractivity contribution in [2.24, 2.45) is 0 Å². The van der Waals surface area contributed by atoms with Crippen molar-refractivity contribution in [3.05, 3.63) is 90.9 Å². The molecule has 8 heteroatoms. The van der Waals surface area contributed by atoms with E-state index in [2.05, 4.69) is 21.2 Å². The molecule has 35 heavy (non-hydrogen) atoms. The van der Waals surface area contributed by atoms with Crippen LogP contribution in [0.5, 0.6) is 11.5 Å². The topological polar surface area (TPSA) is 71.3 Å². The van der Waals surface area contributed by atoms with E-state index in [-0.39, 0.29) is 12.2 Å². The second-order valence-electron chi connectivity index (χ2n) is 7.72. The minimum Gasteiger partial charge on any atom is -0.490 e. The molecule has 5 nitrogen and oxygen atoms in total. The summed E-state index contributed by atoms with van der Waals surface area (Å²) in [5.41, 5.74) is 4.20. The predicted molar refractivity (Wildman–Crippen MR) is 144 cm³/mol. The second kappa shape index (κ2) is 12.1. The molecule has 0 heterocycles. The highest BCUT2D eigenvalue weighted by Gasteiger charge is 2.15. The van der Waals surface area contributed by atoms with Crippen LogP contribution in [-0.4, -0.2) is 12.5 Å². The maximum Gasteiger partial charge on any atom is 0.266 e. The number of carbonyl (C=O) groups excluding carboxylic acids is 1. The molecule has 0 aliphatic rings. The van der Waals surface area contributed by atoms with Gasteiger partial charge in [0.05, 0.1) is 21.1 Å². The number of rotatable bonds is 8. The zero-order valence-electron chi connectivity index (χ0n) is 19.4. The smallest absolute Gasteiger partial charge is 0.266 e. The Balaban J connectivity index is 1.85. The second-order valence-corrected chi connectivity index (χ2v) is 9.39. The number of halogens is 3. The number of nitrogens with zero attached hydrogens (tertiary/aromatic N) is 1. The normalized spacial score (nSPS) is 11.1. The van der Waals surface area contributed by atoms with Crippen molar-refractivity contribution in [1.82, 2.24) is 0 Å². The number of anilines is 1. The highest BCUT2D eigenvalue weighted by molar-refractivity contribution is 9.10. The third-order valence-electron chi connectivity index (χ3n) is 5.14. The number of aryl methyl sites for hydroxylation is 2. The fraction of sp³-hybridized carbons (Fsp3) is 0.185. The van der Waals surface area contributed by atoms with E-state index in [0.29, 0.717) is 43.9 Å². The van der Waals surface area contributed by atoms with Gasteiger partial charge < -0.3 is 14.8 Å². The average Bonchev–Trinajstić information content (AvgIpc) is 2.81. The monoisotopic (exact) mass is 572 g/mol. The molecule has 0 aliphatic carbocycles. The molecule has 3 aromatic rings. The summed E-state index contributed by atoms with van der Waals surface area (Å²) in [6.45, 7) is 6.46. The first-order valence-electron chi connectivity index (χ1n) is 10.7. The number of amides is 1. The Morgan fingerprint density at radius 2 is 1.83 bits per heavy atom. The Kier molecular flexibility index (Phi) is 9.22. The van der Waals surface area contributed by atoms with E-state index in [9.17, 15) is 10.1 Å². The highest BCUT2D eigenvalue weighted by atomic mass is 79.9. The van der Waals surface area contributed by atoms with Crippen molar-refractivity contribution in [1.29, 1.82) is 5.26 Å². The van der Waals surface area contributed by atoms with Crippen LogP contribution >= 0.6 is 39.1 Å². The molecule has 0 saturated heterocycles. The van der Waals surface area contributed by atoms with Gasteiger partial charge in [-0.15, -0.1) is 0 Å². The van der Waals surface area contributed by atoms with E-state index in [0.717, 1.165) is 16.7 Å². The van der Waals surface area contributed by atoms with E-state index in [1.807, 2.05) is 45.0 Å². The summed E-state index contributed by atoms with van der Waals surface area (Å²) in [7, 11) is 0. The number of hydrogen-bond acceptors (Lipinski definition) is 4. The molecule has 0 atom stereocenters. The molecule has 1 N–H and O–H groups in total. The highest BCUT2D eigenvalue weighted by Crippen LogP contribution is 2.38. The van der Waals surface area contributed by atoms with Gasteiger partial charge in [-0.2, -0.15) is 5.26 Å². The molecule has 0 aliphatic heterocycles. The van der Waals surface area contributed by atoms with Gasteiger partial charge in [-0.1, -0.05) is 35.3 Å². The van der Waals surface area contributed by atoms with Gasteiger partial charge in [0.25, 0.3) is 5.91 Å². The van der Waals surface area contributed by atoms with Crippen molar-refractivity contribution in [2.75, 3.05) is 11.9 Å². The lowest BCUT2D eigenvalue weighted by Gasteiger charge is -2.15. The lowest BCUT2D eigenvalue weighted by atomic mass is 10.1. The third kappa shape index (κ3) is 7.02. The third-order valence-corrected chi connectivity index (χ3v) is 6.47. The quantitative estimate of drug-likeness (QED) is 0.219. The summed E-state index contributed by atoms with van der Waals surface area (Å²) in [6, 6.07) is 16.3. The SMILES string of the molecule is CCOc1cc(/C=C(\C#N)C(=O)Nc2ccc(C)c(C)c2)cc(Br)c1OCc1ccc(Cl)c(Cl)c1. The zero-order chi connectivity index (χ0) is 25.5. The molecule has 3 aromatic carbocycles. The van der Waals surface area contributed by atoms with Crippen LogP contribution in [0.1, 0.15) is 29.2 Å². The number of nitriles is 1. The van der Waals surface area contributed by atoms with Gasteiger partial charge in [0, 0.05) is 5.69 Å². The van der Waals surface area contributed by atoms with Crippen LogP contribution in [-0.2, 0) is 11.4 Å². The van der Waals surface area contributed by atoms with Crippen LogP contribution < -0.4 is 14.8 Å². The molecule has 0 radical (unpaired) electrons. The van der Waals surface area contributed by atoms with Crippen LogP contribution in [0.4, 0.5) is 5.69 Å².